The maximum atomic E-state index is 12.2. The van der Waals surface area contributed by atoms with Crippen LogP contribution in [0.15, 0.2) is 30.6 Å². The number of halogens is 1. The van der Waals surface area contributed by atoms with Gasteiger partial charge in [0, 0.05) is 16.7 Å². The van der Waals surface area contributed by atoms with Gasteiger partial charge in [0.25, 0.3) is 0 Å². The molecule has 2 rings (SSSR count). The molecule has 4 nitrogen and oxygen atoms in total. The summed E-state index contributed by atoms with van der Waals surface area (Å²) in [6.07, 6.45) is 1.57. The third-order valence-corrected chi connectivity index (χ3v) is 2.83. The minimum absolute atomic E-state index is 0.0358. The standard InChI is InChI=1S/C14H13ClN2O2/c1-9-3-10(5-11(15)4-9)13(18)6-12-7-14(19-2)17-8-16-12/h3-5,7-8H,6H2,1-2H3. The second-order valence-electron chi connectivity index (χ2n) is 4.17. The molecule has 0 spiro atoms. The first-order valence-electron chi connectivity index (χ1n) is 5.74. The highest BCUT2D eigenvalue weighted by atomic mass is 35.5. The first kappa shape index (κ1) is 13.5. The summed E-state index contributed by atoms with van der Waals surface area (Å²) in [4.78, 5) is 20.1. The van der Waals surface area contributed by atoms with Gasteiger partial charge in [-0.15, -0.1) is 0 Å². The summed E-state index contributed by atoms with van der Waals surface area (Å²) >= 11 is 5.95. The molecule has 0 bridgehead atoms. The molecule has 0 unspecified atom stereocenters. The quantitative estimate of drug-likeness (QED) is 0.806. The number of aromatic nitrogens is 2. The van der Waals surface area contributed by atoms with Crippen molar-refractivity contribution < 1.29 is 9.53 Å². The van der Waals surface area contributed by atoms with Crippen LogP contribution in [0.5, 0.6) is 5.88 Å². The number of benzene rings is 1. The Morgan fingerprint density at radius 1 is 1.26 bits per heavy atom. The van der Waals surface area contributed by atoms with E-state index in [9.17, 15) is 4.79 Å². The van der Waals surface area contributed by atoms with Gasteiger partial charge in [-0.2, -0.15) is 0 Å². The molecule has 1 heterocycles. The fourth-order valence-electron chi connectivity index (χ4n) is 1.75. The first-order valence-corrected chi connectivity index (χ1v) is 6.11. The van der Waals surface area contributed by atoms with E-state index in [1.165, 1.54) is 13.4 Å². The highest BCUT2D eigenvalue weighted by Gasteiger charge is 2.10. The van der Waals surface area contributed by atoms with Crippen molar-refractivity contribution in [2.45, 2.75) is 13.3 Å². The summed E-state index contributed by atoms with van der Waals surface area (Å²) in [6.45, 7) is 1.90. The highest BCUT2D eigenvalue weighted by molar-refractivity contribution is 6.31. The van der Waals surface area contributed by atoms with Crippen LogP contribution < -0.4 is 4.74 Å². The monoisotopic (exact) mass is 276 g/mol. The van der Waals surface area contributed by atoms with Crippen molar-refractivity contribution in [1.29, 1.82) is 0 Å². The molecule has 0 aliphatic rings. The number of carbonyl (C=O) groups excluding carboxylic acids is 1. The van der Waals surface area contributed by atoms with Crippen LogP contribution in [-0.2, 0) is 6.42 Å². The molecule has 1 aromatic carbocycles. The Kier molecular flexibility index (Phi) is 4.12. The number of methoxy groups -OCH3 is 1. The lowest BCUT2D eigenvalue weighted by Gasteiger charge is -2.04. The van der Waals surface area contributed by atoms with Crippen molar-refractivity contribution >= 4 is 17.4 Å². The number of nitrogens with zero attached hydrogens (tertiary/aromatic N) is 2. The van der Waals surface area contributed by atoms with Gasteiger partial charge in [-0.3, -0.25) is 4.79 Å². The number of hydrogen-bond acceptors (Lipinski definition) is 4. The molecule has 0 N–H and O–H groups in total. The van der Waals surface area contributed by atoms with Gasteiger partial charge in [0.15, 0.2) is 5.78 Å². The number of ketones is 1. The lowest BCUT2D eigenvalue weighted by Crippen LogP contribution is -2.06. The van der Waals surface area contributed by atoms with Gasteiger partial charge >= 0.3 is 0 Å². The molecule has 1 aromatic heterocycles. The Balaban J connectivity index is 2.20. The maximum absolute atomic E-state index is 12.2. The molecule has 0 saturated carbocycles. The van der Waals surface area contributed by atoms with Gasteiger partial charge in [0.2, 0.25) is 5.88 Å². The van der Waals surface area contributed by atoms with Gasteiger partial charge in [-0.1, -0.05) is 11.6 Å². The normalized spacial score (nSPS) is 10.3. The summed E-state index contributed by atoms with van der Waals surface area (Å²) in [5.41, 5.74) is 2.16. The Bertz CT molecular complexity index is 594. The zero-order valence-electron chi connectivity index (χ0n) is 10.7. The summed E-state index contributed by atoms with van der Waals surface area (Å²) in [6, 6.07) is 6.93. The number of carbonyl (C=O) groups is 1. The molecule has 0 fully saturated rings. The number of rotatable bonds is 4. The fourth-order valence-corrected chi connectivity index (χ4v) is 2.04. The van der Waals surface area contributed by atoms with E-state index >= 15 is 0 Å². The van der Waals surface area contributed by atoms with E-state index in [0.717, 1.165) is 5.56 Å². The molecule has 0 aliphatic heterocycles. The molecule has 98 valence electrons. The van der Waals surface area contributed by atoms with Crippen LogP contribution in [0.1, 0.15) is 21.6 Å². The van der Waals surface area contributed by atoms with Crippen LogP contribution in [0, 0.1) is 6.92 Å². The van der Waals surface area contributed by atoms with Gasteiger partial charge in [-0.25, -0.2) is 9.97 Å². The minimum atomic E-state index is -0.0358. The van der Waals surface area contributed by atoms with E-state index in [-0.39, 0.29) is 12.2 Å². The van der Waals surface area contributed by atoms with Crippen molar-refractivity contribution in [3.05, 3.63) is 52.4 Å². The molecular weight excluding hydrogens is 264 g/mol. The van der Waals surface area contributed by atoms with Crippen molar-refractivity contribution in [2.75, 3.05) is 7.11 Å². The zero-order valence-corrected chi connectivity index (χ0v) is 11.4. The van der Waals surface area contributed by atoms with Crippen LogP contribution >= 0.6 is 11.6 Å². The average Bonchev–Trinajstić information content (AvgIpc) is 2.37. The fraction of sp³-hybridized carbons (Fsp3) is 0.214. The Morgan fingerprint density at radius 3 is 2.74 bits per heavy atom. The van der Waals surface area contributed by atoms with E-state index in [0.29, 0.717) is 22.2 Å². The zero-order chi connectivity index (χ0) is 13.8. The second-order valence-corrected chi connectivity index (χ2v) is 4.61. The van der Waals surface area contributed by atoms with Crippen LogP contribution in [-0.4, -0.2) is 22.9 Å². The van der Waals surface area contributed by atoms with Gasteiger partial charge in [0.05, 0.1) is 19.2 Å². The second kappa shape index (κ2) is 5.80. The molecule has 0 amide bonds. The number of hydrogen-bond donors (Lipinski definition) is 0. The smallest absolute Gasteiger partial charge is 0.216 e. The Hall–Kier alpha value is -1.94. The van der Waals surface area contributed by atoms with E-state index in [4.69, 9.17) is 16.3 Å². The van der Waals surface area contributed by atoms with Gasteiger partial charge in [-0.05, 0) is 30.7 Å². The number of Topliss-reactive ketones (excluding diaryl/α,β-unsaturated/α-hetero) is 1. The Labute approximate surface area is 116 Å². The highest BCUT2D eigenvalue weighted by Crippen LogP contribution is 2.16. The average molecular weight is 277 g/mol. The molecule has 0 radical (unpaired) electrons. The number of ether oxygens (including phenoxy) is 1. The minimum Gasteiger partial charge on any atom is -0.481 e. The summed E-state index contributed by atoms with van der Waals surface area (Å²) in [7, 11) is 1.52. The lowest BCUT2D eigenvalue weighted by atomic mass is 10.0. The maximum Gasteiger partial charge on any atom is 0.216 e. The lowest BCUT2D eigenvalue weighted by molar-refractivity contribution is 0.0992. The van der Waals surface area contributed by atoms with Crippen molar-refractivity contribution in [2.24, 2.45) is 0 Å². The predicted octanol–water partition coefficient (Wildman–Crippen LogP) is 2.87. The van der Waals surface area contributed by atoms with Gasteiger partial charge < -0.3 is 4.74 Å². The molecule has 0 atom stereocenters. The molecule has 2 aromatic rings. The third-order valence-electron chi connectivity index (χ3n) is 2.61. The van der Waals surface area contributed by atoms with E-state index in [2.05, 4.69) is 9.97 Å². The van der Waals surface area contributed by atoms with Crippen molar-refractivity contribution in [3.63, 3.8) is 0 Å². The molecule has 19 heavy (non-hydrogen) atoms. The molecule has 5 heteroatoms. The molecule has 0 aliphatic carbocycles. The topological polar surface area (TPSA) is 52.1 Å². The van der Waals surface area contributed by atoms with Gasteiger partial charge in [0.1, 0.15) is 6.33 Å². The summed E-state index contributed by atoms with van der Waals surface area (Å²) in [5.74, 6) is 0.409. The van der Waals surface area contributed by atoms with Crippen LogP contribution in [0.4, 0.5) is 0 Å². The van der Waals surface area contributed by atoms with E-state index in [1.807, 2.05) is 19.1 Å². The largest absolute Gasteiger partial charge is 0.481 e. The van der Waals surface area contributed by atoms with E-state index < -0.39 is 0 Å². The molecular formula is C14H13ClN2O2. The Morgan fingerprint density at radius 2 is 2.05 bits per heavy atom. The van der Waals surface area contributed by atoms with Crippen molar-refractivity contribution in [1.82, 2.24) is 9.97 Å². The number of aryl methyl sites for hydroxylation is 1. The third kappa shape index (κ3) is 3.51. The SMILES string of the molecule is COc1cc(CC(=O)c2cc(C)cc(Cl)c2)ncn1. The van der Waals surface area contributed by atoms with Crippen LogP contribution in [0.2, 0.25) is 5.02 Å². The van der Waals surface area contributed by atoms with Crippen molar-refractivity contribution in [3.8, 4) is 5.88 Å². The molecule has 0 saturated heterocycles. The summed E-state index contributed by atoms with van der Waals surface area (Å²) < 4.78 is 5.00. The van der Waals surface area contributed by atoms with Crippen LogP contribution in [0.25, 0.3) is 0 Å². The first-order chi connectivity index (χ1) is 9.08. The van der Waals surface area contributed by atoms with Crippen LogP contribution in [0.3, 0.4) is 0 Å². The summed E-state index contributed by atoms with van der Waals surface area (Å²) in [5, 5.41) is 0.559. The predicted molar refractivity (Wildman–Crippen MR) is 72.8 cm³/mol. The van der Waals surface area contributed by atoms with E-state index in [1.54, 1.807) is 12.1 Å².